The Hall–Kier alpha value is -1.52. The van der Waals surface area contributed by atoms with Crippen molar-refractivity contribution < 1.29 is 19.0 Å². The van der Waals surface area contributed by atoms with Crippen molar-refractivity contribution in [2.75, 3.05) is 34.0 Å². The average molecular weight is 215 g/mol. The molecule has 7 heteroatoms. The van der Waals surface area contributed by atoms with Gasteiger partial charge in [0.25, 0.3) is 0 Å². The molecular formula is C8H13N3O4. The van der Waals surface area contributed by atoms with Crippen molar-refractivity contribution in [3.8, 4) is 0 Å². The van der Waals surface area contributed by atoms with Crippen LogP contribution < -0.4 is 0 Å². The first-order valence-electron chi connectivity index (χ1n) is 4.17. The average Bonchev–Trinajstić information content (AvgIpc) is 2.27. The van der Waals surface area contributed by atoms with E-state index in [0.29, 0.717) is 6.61 Å². The number of hydrogen-bond acceptors (Lipinski definition) is 5. The zero-order valence-corrected chi connectivity index (χ0v) is 8.67. The van der Waals surface area contributed by atoms with Gasteiger partial charge in [0.2, 0.25) is 0 Å². The number of azide groups is 1. The highest BCUT2D eigenvalue weighted by molar-refractivity contribution is 5.49. The van der Waals surface area contributed by atoms with E-state index in [1.54, 1.807) is 5.94 Å². The molecule has 0 saturated carbocycles. The molecule has 1 atom stereocenters. The van der Waals surface area contributed by atoms with Gasteiger partial charge in [-0.05, 0) is 5.53 Å². The Balaban J connectivity index is 3.98. The fourth-order valence-electron chi connectivity index (χ4n) is 0.767. The van der Waals surface area contributed by atoms with Crippen LogP contribution >= 0.6 is 0 Å². The van der Waals surface area contributed by atoms with Gasteiger partial charge in [0, 0.05) is 19.1 Å². The Kier molecular flexibility index (Phi) is 8.13. The molecular weight excluding hydrogens is 202 g/mol. The normalized spacial score (nSPS) is 11.1. The number of carbonyl (C=O) groups excluding carboxylic acids is 1. The van der Waals surface area contributed by atoms with Crippen LogP contribution in [0, 0.1) is 0 Å². The van der Waals surface area contributed by atoms with E-state index >= 15 is 0 Å². The minimum atomic E-state index is -0.274. The van der Waals surface area contributed by atoms with Gasteiger partial charge in [-0.3, -0.25) is 0 Å². The van der Waals surface area contributed by atoms with E-state index in [4.69, 9.17) is 19.7 Å². The number of hydrogen-bond donors (Lipinski definition) is 0. The summed E-state index contributed by atoms with van der Waals surface area (Å²) in [6, 6.07) is 0. The molecule has 0 aromatic heterocycles. The minimum Gasteiger partial charge on any atom is -0.484 e. The van der Waals surface area contributed by atoms with Gasteiger partial charge in [0.05, 0.1) is 13.2 Å². The lowest BCUT2D eigenvalue weighted by Crippen LogP contribution is -2.23. The summed E-state index contributed by atoms with van der Waals surface area (Å²) in [4.78, 5) is 12.8. The van der Waals surface area contributed by atoms with Gasteiger partial charge in [0.15, 0.2) is 11.7 Å². The second-order valence-corrected chi connectivity index (χ2v) is 2.54. The molecule has 0 N–H and O–H groups in total. The highest BCUT2D eigenvalue weighted by Crippen LogP contribution is 1.98. The summed E-state index contributed by atoms with van der Waals surface area (Å²) in [5.41, 5.74) is 8.03. The van der Waals surface area contributed by atoms with Crippen molar-refractivity contribution in [1.29, 1.82) is 0 Å². The topological polar surface area (TPSA) is 93.5 Å². The number of methoxy groups -OCH3 is 2. The van der Waals surface area contributed by atoms with Crippen molar-refractivity contribution in [3.63, 3.8) is 0 Å². The Bertz CT molecular complexity index is 269. The fraction of sp³-hybridized carbons (Fsp3) is 0.750. The first-order chi connectivity index (χ1) is 7.28. The first kappa shape index (κ1) is 13.5. The molecule has 0 saturated heterocycles. The predicted octanol–water partition coefficient (Wildman–Crippen LogP) is 0.690. The van der Waals surface area contributed by atoms with Crippen LogP contribution in [0.1, 0.15) is 0 Å². The first-order valence-corrected chi connectivity index (χ1v) is 4.17. The van der Waals surface area contributed by atoms with E-state index in [-0.39, 0.29) is 25.0 Å². The van der Waals surface area contributed by atoms with Gasteiger partial charge in [-0.25, -0.2) is 4.79 Å². The summed E-state index contributed by atoms with van der Waals surface area (Å²) in [5.74, 6) is 1.49. The lowest BCUT2D eigenvalue weighted by molar-refractivity contribution is -0.0141. The molecule has 0 aliphatic carbocycles. The van der Waals surface area contributed by atoms with Gasteiger partial charge in [-0.1, -0.05) is 5.11 Å². The SMILES string of the molecule is COCC(COC(=C=O)CN=[N+]=[N-])OC. The lowest BCUT2D eigenvalue weighted by Gasteiger charge is -2.14. The van der Waals surface area contributed by atoms with Crippen LogP contribution in [-0.2, 0) is 19.0 Å². The molecule has 0 amide bonds. The predicted molar refractivity (Wildman–Crippen MR) is 51.8 cm³/mol. The third kappa shape index (κ3) is 6.54. The van der Waals surface area contributed by atoms with Crippen molar-refractivity contribution >= 4 is 5.94 Å². The zero-order chi connectivity index (χ0) is 11.5. The van der Waals surface area contributed by atoms with Crippen LogP contribution in [0.3, 0.4) is 0 Å². The molecule has 7 nitrogen and oxygen atoms in total. The maximum Gasteiger partial charge on any atom is 0.185 e. The number of ether oxygens (including phenoxy) is 3. The molecule has 1 unspecified atom stereocenters. The van der Waals surface area contributed by atoms with Gasteiger partial charge in [-0.2, -0.15) is 0 Å². The summed E-state index contributed by atoms with van der Waals surface area (Å²) < 4.78 is 14.9. The van der Waals surface area contributed by atoms with Crippen LogP contribution in [0.5, 0.6) is 0 Å². The monoisotopic (exact) mass is 215 g/mol. The fourth-order valence-corrected chi connectivity index (χ4v) is 0.767. The molecule has 0 aromatic rings. The van der Waals surface area contributed by atoms with Gasteiger partial charge in [-0.15, -0.1) is 0 Å². The molecule has 0 aliphatic rings. The molecule has 0 aliphatic heterocycles. The minimum absolute atomic E-state index is 0.0500. The second kappa shape index (κ2) is 9.05. The third-order valence-corrected chi connectivity index (χ3v) is 1.52. The standard InChI is InChI=1S/C8H13N3O4/c1-13-5-8(14-2)6-15-7(4-12)3-10-11-9/h8H,3,5-6H2,1-2H3. The van der Waals surface area contributed by atoms with E-state index in [1.165, 1.54) is 14.2 Å². The lowest BCUT2D eigenvalue weighted by atomic mass is 10.4. The van der Waals surface area contributed by atoms with E-state index < -0.39 is 0 Å². The molecule has 0 rings (SSSR count). The molecule has 0 fully saturated rings. The molecule has 0 heterocycles. The van der Waals surface area contributed by atoms with Crippen molar-refractivity contribution in [1.82, 2.24) is 0 Å². The maximum atomic E-state index is 10.3. The molecule has 15 heavy (non-hydrogen) atoms. The third-order valence-electron chi connectivity index (χ3n) is 1.52. The molecule has 0 spiro atoms. The van der Waals surface area contributed by atoms with E-state index in [2.05, 4.69) is 10.0 Å². The van der Waals surface area contributed by atoms with Gasteiger partial charge < -0.3 is 14.2 Å². The highest BCUT2D eigenvalue weighted by atomic mass is 16.6. The number of nitrogens with zero attached hydrogens (tertiary/aromatic N) is 3. The van der Waals surface area contributed by atoms with Gasteiger partial charge in [0.1, 0.15) is 12.7 Å². The summed E-state index contributed by atoms with van der Waals surface area (Å²) in [7, 11) is 3.03. The van der Waals surface area contributed by atoms with Crippen molar-refractivity contribution in [3.05, 3.63) is 16.2 Å². The quantitative estimate of drug-likeness (QED) is 0.196. The maximum absolute atomic E-state index is 10.3. The van der Waals surface area contributed by atoms with Crippen LogP contribution in [0.4, 0.5) is 0 Å². The van der Waals surface area contributed by atoms with Gasteiger partial charge >= 0.3 is 0 Å². The van der Waals surface area contributed by atoms with Crippen LogP contribution in [0.2, 0.25) is 0 Å². The van der Waals surface area contributed by atoms with E-state index in [0.717, 1.165) is 0 Å². The highest BCUT2D eigenvalue weighted by Gasteiger charge is 2.08. The Morgan fingerprint density at radius 1 is 1.53 bits per heavy atom. The van der Waals surface area contributed by atoms with Crippen LogP contribution in [0.15, 0.2) is 10.9 Å². The molecule has 0 radical (unpaired) electrons. The Morgan fingerprint density at radius 3 is 2.73 bits per heavy atom. The van der Waals surface area contributed by atoms with E-state index in [9.17, 15) is 4.79 Å². The van der Waals surface area contributed by atoms with Crippen LogP contribution in [0.25, 0.3) is 10.4 Å². The summed E-state index contributed by atoms with van der Waals surface area (Å²) >= 11 is 0. The summed E-state index contributed by atoms with van der Waals surface area (Å²) in [6.07, 6.45) is -0.274. The van der Waals surface area contributed by atoms with Crippen molar-refractivity contribution in [2.45, 2.75) is 6.10 Å². The largest absolute Gasteiger partial charge is 0.484 e. The Labute approximate surface area is 87.2 Å². The molecule has 0 bridgehead atoms. The van der Waals surface area contributed by atoms with Crippen LogP contribution in [-0.4, -0.2) is 46.0 Å². The molecule has 0 aromatic carbocycles. The summed E-state index contributed by atoms with van der Waals surface area (Å²) in [5, 5.41) is 3.18. The number of rotatable bonds is 8. The molecule has 84 valence electrons. The summed E-state index contributed by atoms with van der Waals surface area (Å²) in [6.45, 7) is 0.351. The zero-order valence-electron chi connectivity index (χ0n) is 8.67. The van der Waals surface area contributed by atoms with E-state index in [1.807, 2.05) is 0 Å². The smallest absolute Gasteiger partial charge is 0.185 e. The Morgan fingerprint density at radius 2 is 2.27 bits per heavy atom. The van der Waals surface area contributed by atoms with Crippen molar-refractivity contribution in [2.24, 2.45) is 5.11 Å². The second-order valence-electron chi connectivity index (χ2n) is 2.54.